The largest absolute Gasteiger partial charge is 0.420 e. The van der Waals surface area contributed by atoms with Crippen LogP contribution in [0.1, 0.15) is 33.1 Å². The van der Waals surface area contributed by atoms with Crippen LogP contribution < -0.4 is 0 Å². The summed E-state index contributed by atoms with van der Waals surface area (Å²) in [5.74, 6) is -1.28. The number of ketones is 1. The molecule has 0 unspecified atom stereocenters. The first-order valence-corrected chi connectivity index (χ1v) is 4.31. The molecule has 0 aromatic carbocycles. The summed E-state index contributed by atoms with van der Waals surface area (Å²) in [7, 11) is 0. The van der Waals surface area contributed by atoms with Crippen LogP contribution in [0.3, 0.4) is 0 Å². The van der Waals surface area contributed by atoms with Gasteiger partial charge in [-0.2, -0.15) is 0 Å². The molecule has 13 heavy (non-hydrogen) atoms. The topological polar surface area (TPSA) is 43.4 Å². The lowest BCUT2D eigenvalue weighted by Crippen LogP contribution is -2.14. The summed E-state index contributed by atoms with van der Waals surface area (Å²) in [6.45, 7) is 3.70. The first kappa shape index (κ1) is 11.7. The number of hydrogen-bond acceptors (Lipinski definition) is 3. The number of Topliss-reactive ketones (excluding diaryl/α,β-unsaturated/α-hetero) is 1. The van der Waals surface area contributed by atoms with E-state index in [9.17, 15) is 9.59 Å². The van der Waals surface area contributed by atoms with Crippen molar-refractivity contribution in [2.24, 2.45) is 0 Å². The Morgan fingerprint density at radius 3 is 2.69 bits per heavy atom. The van der Waals surface area contributed by atoms with Gasteiger partial charge in [-0.25, -0.2) is 4.79 Å². The third kappa shape index (κ3) is 5.88. The average molecular weight is 182 g/mol. The van der Waals surface area contributed by atoms with Gasteiger partial charge in [0, 0.05) is 6.42 Å². The maximum atomic E-state index is 11.0. The maximum Gasteiger partial charge on any atom is 0.380 e. The molecule has 0 saturated heterocycles. The molecular weight excluding hydrogens is 168 g/mol. The molecule has 0 radical (unpaired) electrons. The van der Waals surface area contributed by atoms with Crippen LogP contribution in [0, 0.1) is 0 Å². The molecule has 0 saturated carbocycles. The fourth-order valence-electron chi connectivity index (χ4n) is 0.661. The van der Waals surface area contributed by atoms with E-state index in [1.165, 1.54) is 0 Å². The zero-order chi connectivity index (χ0) is 10.1. The van der Waals surface area contributed by atoms with Gasteiger partial charge in [0.15, 0.2) is 0 Å². The lowest BCUT2D eigenvalue weighted by molar-refractivity contribution is -0.149. The van der Waals surface area contributed by atoms with Crippen LogP contribution in [0.5, 0.6) is 0 Å². The number of carbonyl (C=O) groups is 2. The number of ether oxygens (including phenoxy) is 1. The molecule has 0 rings (SSSR count). The Kier molecular flexibility index (Phi) is 6.56. The first-order valence-electron chi connectivity index (χ1n) is 4.31. The normalized spacial score (nSPS) is 8.46. The highest BCUT2D eigenvalue weighted by molar-refractivity contribution is 6.33. The van der Waals surface area contributed by atoms with Crippen LogP contribution in [-0.4, -0.2) is 11.8 Å². The fourth-order valence-corrected chi connectivity index (χ4v) is 0.661. The monoisotopic (exact) mass is 182 g/mol. The SMILES string of the molecule is CC=C=COC(=O)C(=O)CCCC. The van der Waals surface area contributed by atoms with Gasteiger partial charge in [0.25, 0.3) is 0 Å². The third-order valence-corrected chi connectivity index (χ3v) is 1.39. The molecule has 0 aliphatic heterocycles. The third-order valence-electron chi connectivity index (χ3n) is 1.39. The fraction of sp³-hybridized carbons (Fsp3) is 0.500. The molecule has 3 nitrogen and oxygen atoms in total. The van der Waals surface area contributed by atoms with Gasteiger partial charge < -0.3 is 4.74 Å². The highest BCUT2D eigenvalue weighted by Gasteiger charge is 2.12. The summed E-state index contributed by atoms with van der Waals surface area (Å²) in [4.78, 5) is 21.8. The molecule has 0 aliphatic rings. The maximum absolute atomic E-state index is 11.0. The molecule has 0 amide bonds. The zero-order valence-electron chi connectivity index (χ0n) is 8.00. The molecule has 0 aromatic rings. The van der Waals surface area contributed by atoms with Gasteiger partial charge in [0.2, 0.25) is 5.78 Å². The molecule has 0 fully saturated rings. The Bertz CT molecular complexity index is 235. The second-order valence-electron chi connectivity index (χ2n) is 2.51. The van der Waals surface area contributed by atoms with Crippen molar-refractivity contribution in [2.45, 2.75) is 33.1 Å². The molecule has 72 valence electrons. The second-order valence-corrected chi connectivity index (χ2v) is 2.51. The molecule has 0 aliphatic carbocycles. The predicted molar refractivity (Wildman–Crippen MR) is 49.0 cm³/mol. The van der Waals surface area contributed by atoms with Crippen molar-refractivity contribution in [2.75, 3.05) is 0 Å². The van der Waals surface area contributed by atoms with Gasteiger partial charge in [-0.3, -0.25) is 4.79 Å². The van der Waals surface area contributed by atoms with E-state index in [0.29, 0.717) is 0 Å². The van der Waals surface area contributed by atoms with Gasteiger partial charge in [-0.05, 0) is 19.4 Å². The number of rotatable bonds is 5. The number of hydrogen-bond donors (Lipinski definition) is 0. The Labute approximate surface area is 78.1 Å². The molecule has 0 spiro atoms. The Balaban J connectivity index is 3.83. The number of carbonyl (C=O) groups excluding carboxylic acids is 2. The van der Waals surface area contributed by atoms with Crippen molar-refractivity contribution in [3.8, 4) is 0 Å². The van der Waals surface area contributed by atoms with E-state index >= 15 is 0 Å². The molecule has 0 N–H and O–H groups in total. The summed E-state index contributed by atoms with van der Waals surface area (Å²) >= 11 is 0. The number of unbranched alkanes of at least 4 members (excludes halogenated alkanes) is 1. The van der Waals surface area contributed by atoms with Crippen LogP contribution in [-0.2, 0) is 14.3 Å². The van der Waals surface area contributed by atoms with E-state index in [1.807, 2.05) is 6.92 Å². The molecular formula is C10H14O3. The quantitative estimate of drug-likeness (QED) is 0.282. The summed E-state index contributed by atoms with van der Waals surface area (Å²) in [5.41, 5.74) is 2.54. The van der Waals surface area contributed by atoms with Crippen molar-refractivity contribution in [1.29, 1.82) is 0 Å². The van der Waals surface area contributed by atoms with Gasteiger partial charge >= 0.3 is 5.97 Å². The van der Waals surface area contributed by atoms with Crippen LogP contribution in [0.25, 0.3) is 0 Å². The molecule has 3 heteroatoms. The van der Waals surface area contributed by atoms with Crippen LogP contribution in [0.2, 0.25) is 0 Å². The Morgan fingerprint density at radius 1 is 1.46 bits per heavy atom. The van der Waals surface area contributed by atoms with Gasteiger partial charge in [-0.15, -0.1) is 0 Å². The summed E-state index contributed by atoms with van der Waals surface area (Å²) in [6.07, 6.45) is 4.56. The van der Waals surface area contributed by atoms with Crippen molar-refractivity contribution in [1.82, 2.24) is 0 Å². The van der Waals surface area contributed by atoms with Crippen molar-refractivity contribution in [3.05, 3.63) is 18.1 Å². The van der Waals surface area contributed by atoms with Crippen LogP contribution in [0.4, 0.5) is 0 Å². The number of allylic oxidation sites excluding steroid dienone is 1. The highest BCUT2D eigenvalue weighted by atomic mass is 16.5. The summed E-state index contributed by atoms with van der Waals surface area (Å²) < 4.78 is 4.49. The van der Waals surface area contributed by atoms with Crippen LogP contribution in [0.15, 0.2) is 18.1 Å². The lowest BCUT2D eigenvalue weighted by Gasteiger charge is -1.95. The van der Waals surface area contributed by atoms with E-state index in [1.54, 1.807) is 13.0 Å². The summed E-state index contributed by atoms with van der Waals surface area (Å²) in [6, 6.07) is 0. The molecule has 0 atom stereocenters. The molecule has 0 bridgehead atoms. The minimum absolute atomic E-state index is 0.263. The number of esters is 1. The van der Waals surface area contributed by atoms with Gasteiger partial charge in [0.05, 0.1) is 0 Å². The van der Waals surface area contributed by atoms with Gasteiger partial charge in [0.1, 0.15) is 6.26 Å². The standard InChI is InChI=1S/C10H14O3/c1-3-5-7-9(11)10(12)13-8-6-4-2/h4,8H,3,5,7H2,1-2H3. The molecule has 0 heterocycles. The van der Waals surface area contributed by atoms with E-state index < -0.39 is 11.8 Å². The van der Waals surface area contributed by atoms with E-state index in [-0.39, 0.29) is 6.42 Å². The highest BCUT2D eigenvalue weighted by Crippen LogP contribution is 1.96. The minimum Gasteiger partial charge on any atom is -0.420 e. The molecule has 0 aromatic heterocycles. The lowest BCUT2D eigenvalue weighted by atomic mass is 10.2. The van der Waals surface area contributed by atoms with Crippen molar-refractivity contribution in [3.63, 3.8) is 0 Å². The van der Waals surface area contributed by atoms with Crippen molar-refractivity contribution >= 4 is 11.8 Å². The first-order chi connectivity index (χ1) is 6.22. The second kappa shape index (κ2) is 7.32. The zero-order valence-corrected chi connectivity index (χ0v) is 8.00. The van der Waals surface area contributed by atoms with Crippen LogP contribution >= 0.6 is 0 Å². The predicted octanol–water partition coefficient (Wildman–Crippen LogP) is 1.98. The van der Waals surface area contributed by atoms with E-state index in [4.69, 9.17) is 0 Å². The van der Waals surface area contributed by atoms with Gasteiger partial charge in [-0.1, -0.05) is 19.1 Å². The smallest absolute Gasteiger partial charge is 0.380 e. The van der Waals surface area contributed by atoms with E-state index in [2.05, 4.69) is 10.5 Å². The average Bonchev–Trinajstić information content (AvgIpc) is 2.14. The Hall–Kier alpha value is -1.34. The van der Waals surface area contributed by atoms with Crippen molar-refractivity contribution < 1.29 is 14.3 Å². The minimum atomic E-state index is -0.803. The Morgan fingerprint density at radius 2 is 2.15 bits per heavy atom. The van der Waals surface area contributed by atoms with E-state index in [0.717, 1.165) is 19.1 Å². The summed E-state index contributed by atoms with van der Waals surface area (Å²) in [5, 5.41) is 0.